The Kier molecular flexibility index (Phi) is 5.72. The number of cyclic esters (lactones) is 1. The molecule has 1 N–H and O–H groups in total. The van der Waals surface area contributed by atoms with Gasteiger partial charge >= 0.3 is 6.09 Å². The fourth-order valence-corrected chi connectivity index (χ4v) is 4.64. The van der Waals surface area contributed by atoms with Gasteiger partial charge in [0.15, 0.2) is 0 Å². The number of halogens is 1. The first-order chi connectivity index (χ1) is 12.5. The molecule has 6 nitrogen and oxygen atoms in total. The van der Waals surface area contributed by atoms with E-state index in [0.29, 0.717) is 29.9 Å². The summed E-state index contributed by atoms with van der Waals surface area (Å²) < 4.78 is 19.7. The second-order valence-corrected chi connectivity index (χ2v) is 7.88. The highest BCUT2D eigenvalue weighted by molar-refractivity contribution is 8.00. The molecule has 3 saturated heterocycles. The Morgan fingerprint density at radius 3 is 2.65 bits per heavy atom. The van der Waals surface area contributed by atoms with E-state index in [1.165, 1.54) is 29.4 Å². The lowest BCUT2D eigenvalue weighted by atomic mass is 9.82. The Labute approximate surface area is 157 Å². The van der Waals surface area contributed by atoms with Crippen molar-refractivity contribution < 1.29 is 18.7 Å². The van der Waals surface area contributed by atoms with Crippen molar-refractivity contribution in [3.63, 3.8) is 0 Å². The molecule has 1 aromatic rings. The zero-order chi connectivity index (χ0) is 18.7. The standard InChI is InChI=1S/C16H20FN3O2S.C2H4O/c1-18-5-12-6-20(15(21)22-12)11-2-3-14(13(17)4-11)19-7-16(8-19)9-23-10-16;1-2-3/h2-4,12,18H,5-10H2,1H3;2H,1H3. The number of amides is 1. The van der Waals surface area contributed by atoms with Gasteiger partial charge in [0.05, 0.1) is 17.9 Å². The first-order valence-electron chi connectivity index (χ1n) is 8.67. The number of carbonyl (C=O) groups is 2. The van der Waals surface area contributed by atoms with E-state index in [2.05, 4.69) is 10.2 Å². The van der Waals surface area contributed by atoms with Gasteiger partial charge in [-0.15, -0.1) is 0 Å². The van der Waals surface area contributed by atoms with Crippen LogP contribution in [0.2, 0.25) is 0 Å². The van der Waals surface area contributed by atoms with Crippen LogP contribution in [0.1, 0.15) is 6.92 Å². The number of likely N-dealkylation sites (N-methyl/N-ethyl adjacent to an activating group) is 1. The number of carbonyl (C=O) groups excluding carboxylic acids is 2. The number of benzene rings is 1. The maximum atomic E-state index is 14.5. The van der Waals surface area contributed by atoms with E-state index in [1.54, 1.807) is 6.07 Å². The normalized spacial score (nSPS) is 22.9. The number of thioether (sulfide) groups is 1. The third-order valence-electron chi connectivity index (χ3n) is 4.76. The van der Waals surface area contributed by atoms with Gasteiger partial charge in [0.25, 0.3) is 0 Å². The molecule has 1 amide bonds. The molecule has 0 aliphatic carbocycles. The minimum atomic E-state index is -0.410. The fraction of sp³-hybridized carbons (Fsp3) is 0.556. The molecular formula is C18H24FN3O3S. The molecule has 1 spiro atoms. The van der Waals surface area contributed by atoms with Crippen LogP contribution in [-0.4, -0.2) is 63.2 Å². The predicted octanol–water partition coefficient (Wildman–Crippen LogP) is 2.13. The van der Waals surface area contributed by atoms with Gasteiger partial charge in [-0.2, -0.15) is 11.8 Å². The van der Waals surface area contributed by atoms with Gasteiger partial charge in [0, 0.05) is 36.6 Å². The quantitative estimate of drug-likeness (QED) is 0.807. The summed E-state index contributed by atoms with van der Waals surface area (Å²) in [4.78, 5) is 24.3. The third kappa shape index (κ3) is 3.66. The lowest BCUT2D eigenvalue weighted by Gasteiger charge is -2.56. The first kappa shape index (κ1) is 19.0. The number of aldehydes is 1. The monoisotopic (exact) mass is 381 g/mol. The molecule has 1 atom stereocenters. The molecule has 3 aliphatic rings. The van der Waals surface area contributed by atoms with E-state index in [-0.39, 0.29) is 11.9 Å². The summed E-state index contributed by atoms with van der Waals surface area (Å²) in [6, 6.07) is 5.03. The molecule has 8 heteroatoms. The van der Waals surface area contributed by atoms with E-state index in [0.717, 1.165) is 19.4 Å². The number of hydrogen-bond acceptors (Lipinski definition) is 6. The van der Waals surface area contributed by atoms with Crippen LogP contribution in [0.3, 0.4) is 0 Å². The third-order valence-corrected chi connectivity index (χ3v) is 6.39. The summed E-state index contributed by atoms with van der Waals surface area (Å²) in [5.74, 6) is 2.11. The molecular weight excluding hydrogens is 357 g/mol. The summed E-state index contributed by atoms with van der Waals surface area (Å²) in [6.45, 7) is 4.36. The lowest BCUT2D eigenvalue weighted by molar-refractivity contribution is -0.106. The molecule has 0 radical (unpaired) electrons. The molecule has 3 fully saturated rings. The largest absolute Gasteiger partial charge is 0.443 e. The Balaban J connectivity index is 0.000000613. The average molecular weight is 381 g/mol. The smallest absolute Gasteiger partial charge is 0.414 e. The fourth-order valence-electron chi connectivity index (χ4n) is 3.49. The number of nitrogens with zero attached hydrogens (tertiary/aromatic N) is 2. The molecule has 3 aliphatic heterocycles. The molecule has 26 heavy (non-hydrogen) atoms. The highest BCUT2D eigenvalue weighted by atomic mass is 32.2. The SMILES string of the molecule is CC=O.CNCC1CN(c2ccc(N3CC4(CSC4)C3)c(F)c2)C(=O)O1. The van der Waals surface area contributed by atoms with Gasteiger partial charge in [0.2, 0.25) is 0 Å². The topological polar surface area (TPSA) is 61.9 Å². The van der Waals surface area contributed by atoms with Gasteiger partial charge in [-0.05, 0) is 32.2 Å². The van der Waals surface area contributed by atoms with Crippen molar-refractivity contribution in [2.24, 2.45) is 5.41 Å². The minimum Gasteiger partial charge on any atom is -0.443 e. The van der Waals surface area contributed by atoms with Crippen LogP contribution in [0, 0.1) is 11.2 Å². The van der Waals surface area contributed by atoms with E-state index in [9.17, 15) is 9.18 Å². The second kappa shape index (κ2) is 7.84. The Bertz CT molecular complexity index is 676. The molecule has 142 valence electrons. The van der Waals surface area contributed by atoms with Crippen molar-refractivity contribution in [2.45, 2.75) is 13.0 Å². The molecule has 0 aromatic heterocycles. The van der Waals surface area contributed by atoms with Crippen LogP contribution in [0.25, 0.3) is 0 Å². The summed E-state index contributed by atoms with van der Waals surface area (Å²) >= 11 is 1.96. The number of rotatable bonds is 4. The maximum absolute atomic E-state index is 14.5. The highest BCUT2D eigenvalue weighted by Crippen LogP contribution is 2.47. The molecule has 0 bridgehead atoms. The maximum Gasteiger partial charge on any atom is 0.414 e. The van der Waals surface area contributed by atoms with Crippen LogP contribution in [0.4, 0.5) is 20.6 Å². The molecule has 3 heterocycles. The number of nitrogens with one attached hydrogen (secondary N) is 1. The van der Waals surface area contributed by atoms with Gasteiger partial charge in [0.1, 0.15) is 18.2 Å². The van der Waals surface area contributed by atoms with Gasteiger partial charge in [-0.1, -0.05) is 0 Å². The van der Waals surface area contributed by atoms with Crippen LogP contribution < -0.4 is 15.1 Å². The summed E-state index contributed by atoms with van der Waals surface area (Å²) in [6.07, 6.45) is 0.147. The summed E-state index contributed by atoms with van der Waals surface area (Å²) in [5.41, 5.74) is 1.62. The second-order valence-electron chi connectivity index (χ2n) is 6.89. The summed E-state index contributed by atoms with van der Waals surface area (Å²) in [7, 11) is 1.81. The van der Waals surface area contributed by atoms with Gasteiger partial charge in [-0.3, -0.25) is 4.90 Å². The zero-order valence-corrected chi connectivity index (χ0v) is 15.9. The van der Waals surface area contributed by atoms with Crippen LogP contribution in [0.5, 0.6) is 0 Å². The zero-order valence-electron chi connectivity index (χ0n) is 15.0. The molecule has 1 aromatic carbocycles. The van der Waals surface area contributed by atoms with Crippen molar-refractivity contribution in [1.29, 1.82) is 0 Å². The number of ether oxygens (including phenoxy) is 1. The van der Waals surface area contributed by atoms with Crippen molar-refractivity contribution in [2.75, 3.05) is 54.5 Å². The Morgan fingerprint density at radius 2 is 2.12 bits per heavy atom. The van der Waals surface area contributed by atoms with Gasteiger partial charge < -0.3 is 19.7 Å². The predicted molar refractivity (Wildman–Crippen MR) is 102 cm³/mol. The van der Waals surface area contributed by atoms with E-state index >= 15 is 0 Å². The Hall–Kier alpha value is -1.80. The van der Waals surface area contributed by atoms with Crippen molar-refractivity contribution in [1.82, 2.24) is 5.32 Å². The molecule has 1 unspecified atom stereocenters. The first-order valence-corrected chi connectivity index (χ1v) is 9.82. The lowest BCUT2D eigenvalue weighted by Crippen LogP contribution is -2.63. The van der Waals surface area contributed by atoms with Crippen LogP contribution in [-0.2, 0) is 9.53 Å². The van der Waals surface area contributed by atoms with E-state index in [4.69, 9.17) is 9.53 Å². The Morgan fingerprint density at radius 1 is 1.42 bits per heavy atom. The average Bonchev–Trinajstić information content (AvgIpc) is 2.88. The van der Waals surface area contributed by atoms with Crippen LogP contribution in [0.15, 0.2) is 18.2 Å². The van der Waals surface area contributed by atoms with Crippen molar-refractivity contribution in [3.8, 4) is 0 Å². The highest BCUT2D eigenvalue weighted by Gasteiger charge is 2.48. The summed E-state index contributed by atoms with van der Waals surface area (Å²) in [5, 5.41) is 2.99. The van der Waals surface area contributed by atoms with Crippen molar-refractivity contribution >= 4 is 35.5 Å². The number of anilines is 2. The van der Waals surface area contributed by atoms with Crippen molar-refractivity contribution in [3.05, 3.63) is 24.0 Å². The van der Waals surface area contributed by atoms with E-state index in [1.807, 2.05) is 24.9 Å². The van der Waals surface area contributed by atoms with Crippen LogP contribution >= 0.6 is 11.8 Å². The minimum absolute atomic E-state index is 0.193. The molecule has 4 rings (SSSR count). The number of hydrogen-bond donors (Lipinski definition) is 1. The molecule has 0 saturated carbocycles. The van der Waals surface area contributed by atoms with Gasteiger partial charge in [-0.25, -0.2) is 9.18 Å². The van der Waals surface area contributed by atoms with E-state index < -0.39 is 6.09 Å².